The Labute approximate surface area is 191 Å². The van der Waals surface area contributed by atoms with Crippen LogP contribution in [0, 0.1) is 19.7 Å². The number of fused-ring (bicyclic) bond motifs is 1. The van der Waals surface area contributed by atoms with E-state index in [9.17, 15) is 9.18 Å². The van der Waals surface area contributed by atoms with Gasteiger partial charge in [-0.2, -0.15) is 0 Å². The minimum Gasteiger partial charge on any atom is -0.431 e. The number of oxazole rings is 1. The largest absolute Gasteiger partial charge is 0.431 e. The van der Waals surface area contributed by atoms with Gasteiger partial charge in [-0.3, -0.25) is 4.79 Å². The van der Waals surface area contributed by atoms with Crippen LogP contribution < -0.4 is 5.56 Å². The number of aromatic nitrogens is 3. The molecule has 8 heteroatoms. The fraction of sp³-hybridized carbons (Fsp3) is 0.125. The van der Waals surface area contributed by atoms with Gasteiger partial charge in [-0.15, -0.1) is 11.3 Å². The molecule has 0 spiro atoms. The normalized spacial score (nSPS) is 11.3. The summed E-state index contributed by atoms with van der Waals surface area (Å²) in [6, 6.07) is 14.2. The van der Waals surface area contributed by atoms with Crippen molar-refractivity contribution in [3.8, 4) is 22.5 Å². The third-order valence-corrected chi connectivity index (χ3v) is 6.93. The molecule has 5 nitrogen and oxygen atoms in total. The number of aromatic amines is 1. The van der Waals surface area contributed by atoms with E-state index in [1.54, 1.807) is 18.3 Å². The summed E-state index contributed by atoms with van der Waals surface area (Å²) in [5.41, 5.74) is 3.73. The van der Waals surface area contributed by atoms with Gasteiger partial charge >= 0.3 is 0 Å². The number of nitrogens with one attached hydrogen (secondary N) is 1. The van der Waals surface area contributed by atoms with Crippen LogP contribution in [0.1, 0.15) is 16.3 Å². The van der Waals surface area contributed by atoms with Crippen molar-refractivity contribution in [2.24, 2.45) is 0 Å². The number of halogens is 1. The minimum atomic E-state index is -0.303. The van der Waals surface area contributed by atoms with E-state index in [1.807, 2.05) is 38.1 Å². The first-order valence-corrected chi connectivity index (χ1v) is 11.7. The van der Waals surface area contributed by atoms with Gasteiger partial charge in [0.25, 0.3) is 10.8 Å². The minimum absolute atomic E-state index is 0.148. The lowest BCUT2D eigenvalue weighted by Gasteiger charge is -2.03. The van der Waals surface area contributed by atoms with Crippen molar-refractivity contribution in [1.82, 2.24) is 15.0 Å². The SMILES string of the molecule is Cc1ccc(-c2c(C)sc3nc(CSc4ncc(-c5ccc(F)cc5)o4)[nH]c(=O)c23)cc1. The van der Waals surface area contributed by atoms with Crippen LogP contribution in [0.2, 0.25) is 0 Å². The highest BCUT2D eigenvalue weighted by Gasteiger charge is 2.17. The van der Waals surface area contributed by atoms with Gasteiger partial charge in [-0.25, -0.2) is 14.4 Å². The number of hydrogen-bond acceptors (Lipinski definition) is 6. The molecule has 160 valence electrons. The second-order valence-electron chi connectivity index (χ2n) is 7.38. The highest BCUT2D eigenvalue weighted by molar-refractivity contribution is 7.98. The highest BCUT2D eigenvalue weighted by Crippen LogP contribution is 2.36. The van der Waals surface area contributed by atoms with Gasteiger partial charge in [0, 0.05) is 16.0 Å². The molecule has 1 N–H and O–H groups in total. The van der Waals surface area contributed by atoms with Gasteiger partial charge < -0.3 is 9.40 Å². The quantitative estimate of drug-likeness (QED) is 0.307. The van der Waals surface area contributed by atoms with Crippen LogP contribution in [0.25, 0.3) is 32.7 Å². The third kappa shape index (κ3) is 3.99. The molecule has 3 aromatic heterocycles. The molecule has 32 heavy (non-hydrogen) atoms. The van der Waals surface area contributed by atoms with Crippen LogP contribution in [-0.4, -0.2) is 15.0 Å². The molecule has 2 aromatic carbocycles. The predicted molar refractivity (Wildman–Crippen MR) is 127 cm³/mol. The van der Waals surface area contributed by atoms with Crippen molar-refractivity contribution in [3.63, 3.8) is 0 Å². The van der Waals surface area contributed by atoms with Crippen molar-refractivity contribution < 1.29 is 8.81 Å². The Balaban J connectivity index is 1.40. The van der Waals surface area contributed by atoms with Gasteiger partial charge in [-0.1, -0.05) is 41.6 Å². The molecule has 0 aliphatic carbocycles. The Bertz CT molecular complexity index is 1470. The van der Waals surface area contributed by atoms with Crippen molar-refractivity contribution in [2.75, 3.05) is 0 Å². The number of thiophene rings is 1. The Morgan fingerprint density at radius 2 is 1.78 bits per heavy atom. The van der Waals surface area contributed by atoms with E-state index in [-0.39, 0.29) is 11.4 Å². The summed E-state index contributed by atoms with van der Waals surface area (Å²) < 4.78 is 18.9. The van der Waals surface area contributed by atoms with Crippen LogP contribution in [0.5, 0.6) is 0 Å². The monoisotopic (exact) mass is 463 g/mol. The molecular weight excluding hydrogens is 445 g/mol. The Hall–Kier alpha value is -3.23. The molecule has 3 heterocycles. The van der Waals surface area contributed by atoms with Crippen molar-refractivity contribution >= 4 is 33.3 Å². The average Bonchev–Trinajstić information content (AvgIpc) is 3.38. The van der Waals surface area contributed by atoms with Crippen molar-refractivity contribution in [3.05, 3.63) is 87.2 Å². The van der Waals surface area contributed by atoms with Gasteiger partial charge in [0.1, 0.15) is 16.5 Å². The predicted octanol–water partition coefficient (Wildman–Crippen LogP) is 6.35. The Morgan fingerprint density at radius 1 is 1.06 bits per heavy atom. The number of nitrogens with zero attached hydrogens (tertiary/aromatic N) is 2. The second-order valence-corrected chi connectivity index (χ2v) is 9.51. The van der Waals surface area contributed by atoms with E-state index in [4.69, 9.17) is 4.42 Å². The first-order valence-electron chi connectivity index (χ1n) is 9.92. The molecule has 0 saturated carbocycles. The summed E-state index contributed by atoms with van der Waals surface area (Å²) in [6.07, 6.45) is 1.60. The van der Waals surface area contributed by atoms with Gasteiger partial charge in [0.2, 0.25) is 0 Å². The van der Waals surface area contributed by atoms with Crippen LogP contribution in [0.4, 0.5) is 4.39 Å². The van der Waals surface area contributed by atoms with E-state index in [0.717, 1.165) is 26.4 Å². The zero-order valence-electron chi connectivity index (χ0n) is 17.3. The van der Waals surface area contributed by atoms with E-state index in [1.165, 1.54) is 40.8 Å². The molecule has 0 unspecified atom stereocenters. The Morgan fingerprint density at radius 3 is 2.53 bits per heavy atom. The number of benzene rings is 2. The molecule has 0 amide bonds. The second kappa shape index (κ2) is 8.37. The zero-order valence-corrected chi connectivity index (χ0v) is 18.9. The summed E-state index contributed by atoms with van der Waals surface area (Å²) >= 11 is 2.86. The molecule has 0 atom stereocenters. The van der Waals surface area contributed by atoms with E-state index in [0.29, 0.717) is 27.9 Å². The molecule has 0 bridgehead atoms. The summed E-state index contributed by atoms with van der Waals surface area (Å²) in [4.78, 5) is 26.6. The van der Waals surface area contributed by atoms with E-state index >= 15 is 0 Å². The first-order chi connectivity index (χ1) is 15.5. The van der Waals surface area contributed by atoms with E-state index in [2.05, 4.69) is 15.0 Å². The summed E-state index contributed by atoms with van der Waals surface area (Å²) in [5, 5.41) is 1.08. The molecule has 0 aliphatic heterocycles. The number of hydrogen-bond donors (Lipinski definition) is 1. The average molecular weight is 464 g/mol. The number of H-pyrrole nitrogens is 1. The van der Waals surface area contributed by atoms with Crippen LogP contribution in [0.3, 0.4) is 0 Å². The maximum atomic E-state index is 13.1. The summed E-state index contributed by atoms with van der Waals surface area (Å²) in [7, 11) is 0. The van der Waals surface area contributed by atoms with Crippen molar-refractivity contribution in [2.45, 2.75) is 24.8 Å². The summed E-state index contributed by atoms with van der Waals surface area (Å²) in [6.45, 7) is 4.05. The smallest absolute Gasteiger partial charge is 0.260 e. The zero-order chi connectivity index (χ0) is 22.2. The number of rotatable bonds is 5. The molecule has 0 aliphatic rings. The van der Waals surface area contributed by atoms with Crippen LogP contribution in [-0.2, 0) is 5.75 Å². The molecular formula is C24H18FN3O2S2. The molecule has 0 radical (unpaired) electrons. The van der Waals surface area contributed by atoms with Gasteiger partial charge in [0.05, 0.1) is 17.3 Å². The van der Waals surface area contributed by atoms with Gasteiger partial charge in [-0.05, 0) is 43.7 Å². The molecule has 0 fully saturated rings. The summed E-state index contributed by atoms with van der Waals surface area (Å²) in [5.74, 6) is 1.22. The fourth-order valence-electron chi connectivity index (χ4n) is 3.50. The molecule has 5 aromatic rings. The lowest BCUT2D eigenvalue weighted by molar-refractivity contribution is 0.466. The maximum Gasteiger partial charge on any atom is 0.260 e. The van der Waals surface area contributed by atoms with Crippen molar-refractivity contribution in [1.29, 1.82) is 0 Å². The number of thioether (sulfide) groups is 1. The first kappa shape index (κ1) is 20.7. The molecule has 5 rings (SSSR count). The number of aryl methyl sites for hydroxylation is 2. The highest BCUT2D eigenvalue weighted by atomic mass is 32.2. The molecule has 0 saturated heterocycles. The third-order valence-electron chi connectivity index (χ3n) is 5.07. The topological polar surface area (TPSA) is 71.8 Å². The fourth-order valence-corrected chi connectivity index (χ4v) is 5.24. The standard InChI is InChI=1S/C24H18FN3O2S2/c1-13-3-5-16(6-4-13)20-14(2)32-23-21(20)22(29)27-19(28-23)12-31-24-26-11-18(30-24)15-7-9-17(25)10-8-15/h3-11H,12H2,1-2H3,(H,27,28,29). The van der Waals surface area contributed by atoms with Gasteiger partial charge in [0.15, 0.2) is 5.76 Å². The Kier molecular flexibility index (Phi) is 5.40. The lowest BCUT2D eigenvalue weighted by Crippen LogP contribution is -2.10. The lowest BCUT2D eigenvalue weighted by atomic mass is 10.0. The van der Waals surface area contributed by atoms with Crippen LogP contribution >= 0.6 is 23.1 Å². The van der Waals surface area contributed by atoms with Crippen LogP contribution in [0.15, 0.2) is 69.2 Å². The van der Waals surface area contributed by atoms with E-state index < -0.39 is 0 Å². The maximum absolute atomic E-state index is 13.1.